The minimum atomic E-state index is -5.19. The highest BCUT2D eigenvalue weighted by molar-refractivity contribution is 7.53. The Morgan fingerprint density at radius 3 is 1.91 bits per heavy atom. The Balaban J connectivity index is 4.78. The number of nitrogens with zero attached hydrogens (tertiary/aromatic N) is 1. The average molecular weight is 185 g/mol. The van der Waals surface area contributed by atoms with Gasteiger partial charge in [-0.05, 0) is 0 Å². The van der Waals surface area contributed by atoms with Crippen LogP contribution in [0.15, 0.2) is 0 Å². The summed E-state index contributed by atoms with van der Waals surface area (Å²) >= 11 is 0. The fraction of sp³-hybridized carbons (Fsp3) is 0.500. The van der Waals surface area contributed by atoms with Crippen LogP contribution in [0.2, 0.25) is 0 Å². The zero-order valence-corrected chi connectivity index (χ0v) is 5.84. The summed E-state index contributed by atoms with van der Waals surface area (Å²) in [6.45, 7) is 0. The minimum Gasteiger partial charge on any atom is -0.476 e. The van der Waals surface area contributed by atoms with Crippen molar-refractivity contribution in [2.75, 3.05) is 0 Å². The van der Waals surface area contributed by atoms with Gasteiger partial charge in [0.1, 0.15) is 0 Å². The summed E-state index contributed by atoms with van der Waals surface area (Å²) in [5.41, 5.74) is 0. The second-order valence-corrected chi connectivity index (χ2v) is 3.25. The number of aliphatic carboxylic acids is 1. The third kappa shape index (κ3) is 2.62. The average Bonchev–Trinajstić information content (AvgIpc) is 1.54. The van der Waals surface area contributed by atoms with Crippen molar-refractivity contribution in [3.63, 3.8) is 0 Å². The third-order valence-corrected chi connectivity index (χ3v) is 1.79. The number of rotatable bonds is 3. The van der Waals surface area contributed by atoms with Crippen molar-refractivity contribution in [2.45, 2.75) is 5.78 Å². The van der Waals surface area contributed by atoms with Crippen LogP contribution in [0.1, 0.15) is 0 Å². The highest BCUT2D eigenvalue weighted by atomic mass is 31.2. The van der Waals surface area contributed by atoms with E-state index in [2.05, 4.69) is 0 Å². The standard InChI is InChI=1S/C2H4NO7P/c4-2(5)1(3(6)7)11(8,9)10/h1H,(H,4,5)(H2,8,9,10). The van der Waals surface area contributed by atoms with E-state index < -0.39 is 24.3 Å². The normalized spacial score (nSPS) is 14.0. The SMILES string of the molecule is O=C(O)C([N+](=O)[O-])P(=O)(O)O. The molecule has 0 aliphatic heterocycles. The van der Waals surface area contributed by atoms with Crippen molar-refractivity contribution in [3.05, 3.63) is 10.1 Å². The molecule has 3 N–H and O–H groups in total. The van der Waals surface area contributed by atoms with Crippen LogP contribution in [0.5, 0.6) is 0 Å². The number of hydrogen-bond acceptors (Lipinski definition) is 4. The summed E-state index contributed by atoms with van der Waals surface area (Å²) in [4.78, 5) is 34.2. The Bertz CT molecular complexity index is 215. The Morgan fingerprint density at radius 2 is 1.91 bits per heavy atom. The van der Waals surface area contributed by atoms with Crippen molar-refractivity contribution in [3.8, 4) is 0 Å². The van der Waals surface area contributed by atoms with Gasteiger partial charge >= 0.3 is 19.3 Å². The zero-order chi connectivity index (χ0) is 9.23. The van der Waals surface area contributed by atoms with Gasteiger partial charge in [0.2, 0.25) is 0 Å². The minimum absolute atomic E-state index is 1.54. The van der Waals surface area contributed by atoms with E-state index in [-0.39, 0.29) is 0 Å². The first-order valence-electron chi connectivity index (χ1n) is 2.18. The van der Waals surface area contributed by atoms with Gasteiger partial charge in [0, 0.05) is 4.92 Å². The van der Waals surface area contributed by atoms with E-state index >= 15 is 0 Å². The van der Waals surface area contributed by atoms with E-state index in [4.69, 9.17) is 14.9 Å². The molecule has 0 aromatic rings. The van der Waals surface area contributed by atoms with Crippen LogP contribution in [-0.4, -0.2) is 31.6 Å². The summed E-state index contributed by atoms with van der Waals surface area (Å²) < 4.78 is 10.1. The molecule has 0 spiro atoms. The van der Waals surface area contributed by atoms with Crippen LogP contribution < -0.4 is 0 Å². The fourth-order valence-electron chi connectivity index (χ4n) is 0.357. The summed E-state index contributed by atoms with van der Waals surface area (Å²) in [5, 5.41) is 17.7. The predicted octanol–water partition coefficient (Wildman–Crippen LogP) is -1.15. The van der Waals surface area contributed by atoms with Crippen molar-refractivity contribution in [2.24, 2.45) is 0 Å². The second kappa shape index (κ2) is 2.95. The third-order valence-electron chi connectivity index (χ3n) is 0.739. The maximum absolute atomic E-state index is 10.1. The number of carboxylic acid groups (broad SMARTS) is 1. The van der Waals surface area contributed by atoms with E-state index in [1.807, 2.05) is 0 Å². The summed E-state index contributed by atoms with van der Waals surface area (Å²) in [6.07, 6.45) is 0. The molecule has 0 aromatic carbocycles. The first-order valence-corrected chi connectivity index (χ1v) is 3.86. The topological polar surface area (TPSA) is 138 Å². The van der Waals surface area contributed by atoms with E-state index in [9.17, 15) is 19.5 Å². The van der Waals surface area contributed by atoms with Gasteiger partial charge < -0.3 is 14.9 Å². The molecular formula is C2H4NO7P. The molecule has 0 heterocycles. The Labute approximate surface area is 59.8 Å². The van der Waals surface area contributed by atoms with Gasteiger partial charge in [0.15, 0.2) is 0 Å². The molecule has 0 bridgehead atoms. The molecule has 8 nitrogen and oxygen atoms in total. The Kier molecular flexibility index (Phi) is 2.69. The second-order valence-electron chi connectivity index (χ2n) is 1.59. The van der Waals surface area contributed by atoms with E-state index in [1.165, 1.54) is 0 Å². The van der Waals surface area contributed by atoms with E-state index in [0.717, 1.165) is 0 Å². The van der Waals surface area contributed by atoms with E-state index in [1.54, 1.807) is 0 Å². The Hall–Kier alpha value is -0.980. The first kappa shape index (κ1) is 10.0. The van der Waals surface area contributed by atoms with Crippen molar-refractivity contribution >= 4 is 13.6 Å². The van der Waals surface area contributed by atoms with Gasteiger partial charge in [0.25, 0.3) is 0 Å². The summed E-state index contributed by atoms with van der Waals surface area (Å²) in [7, 11) is -5.19. The van der Waals surface area contributed by atoms with Gasteiger partial charge in [-0.15, -0.1) is 0 Å². The fourth-order valence-corrected chi connectivity index (χ4v) is 0.890. The monoisotopic (exact) mass is 185 g/mol. The lowest BCUT2D eigenvalue weighted by Gasteiger charge is -2.04. The van der Waals surface area contributed by atoms with Gasteiger partial charge in [-0.3, -0.25) is 14.7 Å². The predicted molar refractivity (Wildman–Crippen MR) is 30.5 cm³/mol. The highest BCUT2D eigenvalue weighted by Crippen LogP contribution is 2.41. The molecule has 1 unspecified atom stereocenters. The van der Waals surface area contributed by atoms with Crippen molar-refractivity contribution in [1.29, 1.82) is 0 Å². The molecule has 0 aliphatic carbocycles. The Morgan fingerprint density at radius 1 is 1.55 bits per heavy atom. The van der Waals surface area contributed by atoms with Crippen LogP contribution in [0.25, 0.3) is 0 Å². The molecular weight excluding hydrogens is 181 g/mol. The molecule has 0 radical (unpaired) electrons. The molecule has 1 atom stereocenters. The molecule has 0 saturated heterocycles. The van der Waals surface area contributed by atoms with Gasteiger partial charge in [-0.1, -0.05) is 0 Å². The van der Waals surface area contributed by atoms with Gasteiger partial charge in [-0.2, -0.15) is 0 Å². The molecule has 0 amide bonds. The summed E-state index contributed by atoms with van der Waals surface area (Å²) in [5.74, 6) is -5.01. The van der Waals surface area contributed by atoms with Crippen LogP contribution in [0.3, 0.4) is 0 Å². The van der Waals surface area contributed by atoms with Gasteiger partial charge in [0.05, 0.1) is 0 Å². The lowest BCUT2D eigenvalue weighted by atomic mass is 10.7. The number of hydrogen-bond donors (Lipinski definition) is 3. The smallest absolute Gasteiger partial charge is 0.410 e. The zero-order valence-electron chi connectivity index (χ0n) is 4.95. The molecule has 0 aromatic heterocycles. The number of carbonyl (C=O) groups is 1. The van der Waals surface area contributed by atoms with Crippen LogP contribution in [0.4, 0.5) is 0 Å². The van der Waals surface area contributed by atoms with Crippen molar-refractivity contribution < 1.29 is 29.2 Å². The molecule has 64 valence electrons. The number of nitro groups is 1. The maximum Gasteiger partial charge on any atom is 0.410 e. The first-order chi connectivity index (χ1) is 4.76. The molecule has 0 saturated carbocycles. The molecule has 0 rings (SSSR count). The molecule has 0 fully saturated rings. The quantitative estimate of drug-likeness (QED) is 0.286. The largest absolute Gasteiger partial charge is 0.476 e. The van der Waals surface area contributed by atoms with Crippen LogP contribution >= 0.6 is 7.60 Å². The van der Waals surface area contributed by atoms with Gasteiger partial charge in [-0.25, -0.2) is 4.79 Å². The lowest BCUT2D eigenvalue weighted by Crippen LogP contribution is -2.28. The summed E-state index contributed by atoms with van der Waals surface area (Å²) in [6, 6.07) is 0. The van der Waals surface area contributed by atoms with Crippen LogP contribution in [0, 0.1) is 10.1 Å². The lowest BCUT2D eigenvalue weighted by molar-refractivity contribution is -0.489. The molecule has 11 heavy (non-hydrogen) atoms. The van der Waals surface area contributed by atoms with Crippen molar-refractivity contribution in [1.82, 2.24) is 0 Å². The molecule has 9 heteroatoms. The number of carboxylic acids is 1. The van der Waals surface area contributed by atoms with Crippen LogP contribution in [-0.2, 0) is 9.36 Å². The van der Waals surface area contributed by atoms with E-state index in [0.29, 0.717) is 0 Å². The maximum atomic E-state index is 10.1. The highest BCUT2D eigenvalue weighted by Gasteiger charge is 2.47. The molecule has 0 aliphatic rings.